The molecule has 0 saturated heterocycles. The number of aromatic nitrogens is 4. The lowest BCUT2D eigenvalue weighted by atomic mass is 10.1. The summed E-state index contributed by atoms with van der Waals surface area (Å²) in [6.07, 6.45) is 1.45. The second-order valence-corrected chi connectivity index (χ2v) is 9.86. The van der Waals surface area contributed by atoms with Crippen LogP contribution in [0, 0.1) is 24.4 Å². The molecule has 1 aliphatic heterocycles. The highest BCUT2D eigenvalue weighted by atomic mass is 32.2. The predicted octanol–water partition coefficient (Wildman–Crippen LogP) is 2.59. The molecule has 0 bridgehead atoms. The summed E-state index contributed by atoms with van der Waals surface area (Å²) in [5.74, 6) is -7.90. The number of benzene rings is 1. The van der Waals surface area contributed by atoms with Crippen LogP contribution >= 0.6 is 0 Å². The average Bonchev–Trinajstić information content (AvgIpc) is 3.33. The predicted molar refractivity (Wildman–Crippen MR) is 111 cm³/mol. The van der Waals surface area contributed by atoms with Crippen LogP contribution in [-0.4, -0.2) is 40.0 Å². The van der Waals surface area contributed by atoms with Gasteiger partial charge in [0.15, 0.2) is 11.4 Å². The lowest BCUT2D eigenvalue weighted by Gasteiger charge is -2.18. The van der Waals surface area contributed by atoms with E-state index in [2.05, 4.69) is 10.1 Å². The van der Waals surface area contributed by atoms with Crippen LogP contribution in [0.3, 0.4) is 0 Å². The van der Waals surface area contributed by atoms with Gasteiger partial charge < -0.3 is 4.52 Å². The third-order valence-corrected chi connectivity index (χ3v) is 6.23. The maximum Gasteiger partial charge on any atom is 0.334 e. The summed E-state index contributed by atoms with van der Waals surface area (Å²) in [4.78, 5) is 17.1. The van der Waals surface area contributed by atoms with Gasteiger partial charge in [0.2, 0.25) is 10.0 Å². The summed E-state index contributed by atoms with van der Waals surface area (Å²) in [6, 6.07) is 0.335. The van der Waals surface area contributed by atoms with Crippen molar-refractivity contribution < 1.29 is 34.9 Å². The quantitative estimate of drug-likeness (QED) is 0.419. The highest BCUT2D eigenvalue weighted by Crippen LogP contribution is 2.39. The van der Waals surface area contributed by atoms with Crippen molar-refractivity contribution in [1.82, 2.24) is 24.0 Å². The minimum Gasteiger partial charge on any atom is -0.354 e. The van der Waals surface area contributed by atoms with E-state index in [0.29, 0.717) is 27.5 Å². The Balaban J connectivity index is 1.73. The SMILES string of the molecule is Cc1cc2onc(-n3cc4n(c3=O)C[C@@H](NS(C)(=O)=O)C4(F)F)c2c(-c2c(F)cc(F)cc2F)n1. The van der Waals surface area contributed by atoms with Gasteiger partial charge in [0.05, 0.1) is 29.4 Å². The zero-order valence-corrected chi connectivity index (χ0v) is 18.6. The van der Waals surface area contributed by atoms with Crippen LogP contribution in [-0.2, 0) is 22.5 Å². The van der Waals surface area contributed by atoms with Crippen LogP contribution < -0.4 is 10.4 Å². The molecule has 184 valence electrons. The number of pyridine rings is 1. The van der Waals surface area contributed by atoms with Gasteiger partial charge in [-0.25, -0.2) is 35.7 Å². The van der Waals surface area contributed by atoms with Crippen molar-refractivity contribution in [2.45, 2.75) is 25.4 Å². The number of alkyl halides is 2. The maximum atomic E-state index is 14.9. The summed E-state index contributed by atoms with van der Waals surface area (Å²) in [5.41, 5.74) is -2.77. The van der Waals surface area contributed by atoms with Gasteiger partial charge in [-0.15, -0.1) is 0 Å². The fourth-order valence-corrected chi connectivity index (χ4v) is 4.84. The second kappa shape index (κ2) is 7.45. The number of sulfonamides is 1. The number of nitrogens with one attached hydrogen (secondary N) is 1. The van der Waals surface area contributed by atoms with E-state index in [1.807, 2.05) is 0 Å². The molecule has 0 saturated carbocycles. The molecule has 0 radical (unpaired) electrons. The van der Waals surface area contributed by atoms with Gasteiger partial charge in [0, 0.05) is 30.1 Å². The largest absolute Gasteiger partial charge is 0.354 e. The first-order chi connectivity index (χ1) is 16.3. The number of fused-ring (bicyclic) bond motifs is 2. The van der Waals surface area contributed by atoms with Crippen LogP contribution in [0.25, 0.3) is 28.0 Å². The lowest BCUT2D eigenvalue weighted by molar-refractivity contribution is -0.0248. The minimum absolute atomic E-state index is 0.0627. The summed E-state index contributed by atoms with van der Waals surface area (Å²) in [7, 11) is -4.01. The van der Waals surface area contributed by atoms with Crippen molar-refractivity contribution >= 4 is 21.0 Å². The monoisotopic (exact) mass is 515 g/mol. The van der Waals surface area contributed by atoms with Gasteiger partial charge in [0.1, 0.15) is 29.2 Å². The Labute approximate surface area is 192 Å². The lowest BCUT2D eigenvalue weighted by Crippen LogP contribution is -2.44. The van der Waals surface area contributed by atoms with Gasteiger partial charge in [-0.05, 0) is 6.92 Å². The van der Waals surface area contributed by atoms with Crippen molar-refractivity contribution in [3.05, 3.63) is 63.7 Å². The van der Waals surface area contributed by atoms with E-state index >= 15 is 0 Å². The molecule has 4 aromatic rings. The Bertz CT molecular complexity index is 1670. The maximum absolute atomic E-state index is 14.9. The van der Waals surface area contributed by atoms with Crippen molar-refractivity contribution in [2.75, 3.05) is 6.26 Å². The molecule has 0 fully saturated rings. The van der Waals surface area contributed by atoms with Crippen molar-refractivity contribution in [3.8, 4) is 17.1 Å². The highest BCUT2D eigenvalue weighted by Gasteiger charge is 2.52. The average molecular weight is 515 g/mol. The van der Waals surface area contributed by atoms with E-state index in [-0.39, 0.29) is 28.2 Å². The Morgan fingerprint density at radius 3 is 2.43 bits per heavy atom. The van der Waals surface area contributed by atoms with Gasteiger partial charge in [-0.3, -0.25) is 9.55 Å². The summed E-state index contributed by atoms with van der Waals surface area (Å²) in [6.45, 7) is 0.807. The number of imidazole rings is 1. The number of halogens is 5. The van der Waals surface area contributed by atoms with E-state index in [0.717, 1.165) is 6.20 Å². The zero-order chi connectivity index (χ0) is 25.4. The van der Waals surface area contributed by atoms with E-state index in [9.17, 15) is 35.2 Å². The van der Waals surface area contributed by atoms with E-state index in [4.69, 9.17) is 4.52 Å². The van der Waals surface area contributed by atoms with E-state index < -0.39 is 62.9 Å². The van der Waals surface area contributed by atoms with Crippen molar-refractivity contribution in [1.29, 1.82) is 0 Å². The Morgan fingerprint density at radius 2 is 1.83 bits per heavy atom. The third kappa shape index (κ3) is 3.61. The number of hydrogen-bond donors (Lipinski definition) is 1. The molecule has 1 atom stereocenters. The van der Waals surface area contributed by atoms with Crippen LogP contribution in [0.4, 0.5) is 22.0 Å². The molecular weight excluding hydrogens is 501 g/mol. The molecule has 9 nitrogen and oxygen atoms in total. The smallest absolute Gasteiger partial charge is 0.334 e. The minimum atomic E-state index is -4.01. The zero-order valence-electron chi connectivity index (χ0n) is 17.8. The second-order valence-electron chi connectivity index (χ2n) is 8.08. The van der Waals surface area contributed by atoms with Crippen molar-refractivity contribution in [2.24, 2.45) is 0 Å². The van der Waals surface area contributed by atoms with Gasteiger partial charge in [-0.2, -0.15) is 8.78 Å². The molecule has 5 rings (SSSR count). The first kappa shape index (κ1) is 23.2. The van der Waals surface area contributed by atoms with Crippen LogP contribution in [0.15, 0.2) is 33.7 Å². The molecule has 15 heteroatoms. The molecule has 1 aromatic carbocycles. The van der Waals surface area contributed by atoms with Crippen molar-refractivity contribution in [3.63, 3.8) is 0 Å². The van der Waals surface area contributed by atoms with Gasteiger partial charge in [0.25, 0.3) is 0 Å². The molecule has 1 N–H and O–H groups in total. The molecule has 35 heavy (non-hydrogen) atoms. The topological polar surface area (TPSA) is 112 Å². The number of rotatable bonds is 4. The summed E-state index contributed by atoms with van der Waals surface area (Å²) >= 11 is 0. The summed E-state index contributed by atoms with van der Waals surface area (Å²) < 4.78 is 104. The fourth-order valence-electron chi connectivity index (χ4n) is 4.10. The Hall–Kier alpha value is -3.59. The van der Waals surface area contributed by atoms with Crippen LogP contribution in [0.5, 0.6) is 0 Å². The fraction of sp³-hybridized carbons (Fsp3) is 0.250. The molecule has 0 spiro atoms. The normalized spacial score (nSPS) is 17.3. The molecule has 0 aliphatic carbocycles. The van der Waals surface area contributed by atoms with E-state index in [1.165, 1.54) is 13.0 Å². The Kier molecular flexibility index (Phi) is 4.93. The van der Waals surface area contributed by atoms with Crippen LogP contribution in [0.2, 0.25) is 0 Å². The van der Waals surface area contributed by atoms with E-state index in [1.54, 1.807) is 4.72 Å². The Morgan fingerprint density at radius 1 is 1.17 bits per heavy atom. The standard InChI is InChI=1S/C20H14F5N5O4S/c1-8-3-12-16(17(26-8)15-10(22)4-9(21)5-11(15)23)18(27-34-12)30-7-14-20(24,25)13(28-35(2,32)33)6-29(14)19(30)31/h3-5,7,13,28H,6H2,1-2H3/t13-/m1/s1. The van der Waals surface area contributed by atoms with Gasteiger partial charge >= 0.3 is 11.6 Å². The molecule has 0 unspecified atom stereocenters. The highest BCUT2D eigenvalue weighted by molar-refractivity contribution is 7.88. The summed E-state index contributed by atoms with van der Waals surface area (Å²) in [5, 5.41) is 3.55. The third-order valence-electron chi connectivity index (χ3n) is 5.52. The molecule has 4 heterocycles. The molecule has 3 aromatic heterocycles. The molecular formula is C20H14F5N5O4S. The van der Waals surface area contributed by atoms with Gasteiger partial charge in [-0.1, -0.05) is 5.16 Å². The number of hydrogen-bond acceptors (Lipinski definition) is 6. The van der Waals surface area contributed by atoms with Crippen LogP contribution in [0.1, 0.15) is 11.4 Å². The number of nitrogens with zero attached hydrogens (tertiary/aromatic N) is 4. The molecule has 0 amide bonds. The number of aryl methyl sites for hydroxylation is 1. The first-order valence-corrected chi connectivity index (χ1v) is 11.8. The first-order valence-electron chi connectivity index (χ1n) is 9.88. The molecule has 1 aliphatic rings.